The summed E-state index contributed by atoms with van der Waals surface area (Å²) < 4.78 is 5.35. The number of nitrogens with one attached hydrogen (secondary N) is 1. The Labute approximate surface area is 126 Å². The minimum absolute atomic E-state index is 0.239. The molecule has 110 valence electrons. The molecule has 4 heteroatoms. The summed E-state index contributed by atoms with van der Waals surface area (Å²) >= 11 is 6.13. The van der Waals surface area contributed by atoms with Gasteiger partial charge in [0.2, 0.25) is 0 Å². The predicted molar refractivity (Wildman–Crippen MR) is 84.0 cm³/mol. The second kappa shape index (κ2) is 5.45. The SMILES string of the molecule is COc1cc(N2CCCNC(C)(C3CC3)C2)ccc1Cl. The molecule has 1 aliphatic heterocycles. The lowest BCUT2D eigenvalue weighted by Gasteiger charge is -2.35. The van der Waals surface area contributed by atoms with Crippen LogP contribution in [0, 0.1) is 5.92 Å². The van der Waals surface area contributed by atoms with Gasteiger partial charge < -0.3 is 15.0 Å². The second-order valence-corrected chi connectivity index (χ2v) is 6.62. The van der Waals surface area contributed by atoms with Gasteiger partial charge in [0.1, 0.15) is 5.75 Å². The topological polar surface area (TPSA) is 24.5 Å². The van der Waals surface area contributed by atoms with Gasteiger partial charge in [0, 0.05) is 30.4 Å². The van der Waals surface area contributed by atoms with Crippen LogP contribution < -0.4 is 15.0 Å². The highest BCUT2D eigenvalue weighted by Crippen LogP contribution is 2.41. The van der Waals surface area contributed by atoms with E-state index in [1.165, 1.54) is 24.9 Å². The third-order valence-electron chi connectivity index (χ3n) is 4.63. The van der Waals surface area contributed by atoms with Gasteiger partial charge in [-0.1, -0.05) is 11.6 Å². The highest BCUT2D eigenvalue weighted by atomic mass is 35.5. The van der Waals surface area contributed by atoms with Crippen molar-refractivity contribution < 1.29 is 4.74 Å². The van der Waals surface area contributed by atoms with Crippen LogP contribution in [0.2, 0.25) is 5.02 Å². The van der Waals surface area contributed by atoms with Crippen molar-refractivity contribution in [3.8, 4) is 5.75 Å². The number of ether oxygens (including phenoxy) is 1. The molecule has 2 fully saturated rings. The molecule has 1 unspecified atom stereocenters. The summed E-state index contributed by atoms with van der Waals surface area (Å²) in [5, 5.41) is 4.44. The molecular weight excluding hydrogens is 272 g/mol. The Morgan fingerprint density at radius 1 is 1.40 bits per heavy atom. The van der Waals surface area contributed by atoms with E-state index in [0.717, 1.165) is 31.3 Å². The number of benzene rings is 1. The molecule has 0 spiro atoms. The zero-order valence-electron chi connectivity index (χ0n) is 12.3. The van der Waals surface area contributed by atoms with E-state index in [2.05, 4.69) is 29.3 Å². The molecule has 0 bridgehead atoms. The van der Waals surface area contributed by atoms with Crippen molar-refractivity contribution in [1.29, 1.82) is 0 Å². The van der Waals surface area contributed by atoms with Crippen LogP contribution in [0.15, 0.2) is 18.2 Å². The molecule has 1 aromatic rings. The maximum Gasteiger partial charge on any atom is 0.139 e. The van der Waals surface area contributed by atoms with Gasteiger partial charge in [0.15, 0.2) is 0 Å². The maximum atomic E-state index is 6.13. The third kappa shape index (κ3) is 2.75. The molecule has 1 N–H and O–H groups in total. The molecule has 2 aliphatic rings. The molecule has 1 heterocycles. The van der Waals surface area contributed by atoms with Crippen LogP contribution in [0.5, 0.6) is 5.75 Å². The van der Waals surface area contributed by atoms with Crippen molar-refractivity contribution in [2.75, 3.05) is 31.6 Å². The van der Waals surface area contributed by atoms with Crippen molar-refractivity contribution in [2.24, 2.45) is 5.92 Å². The van der Waals surface area contributed by atoms with Crippen molar-refractivity contribution >= 4 is 17.3 Å². The highest BCUT2D eigenvalue weighted by molar-refractivity contribution is 6.32. The molecule has 3 nitrogen and oxygen atoms in total. The summed E-state index contributed by atoms with van der Waals surface area (Å²) in [5.41, 5.74) is 1.45. The molecule has 1 saturated carbocycles. The summed E-state index contributed by atoms with van der Waals surface area (Å²) in [7, 11) is 1.67. The van der Waals surface area contributed by atoms with Crippen LogP contribution in [-0.4, -0.2) is 32.3 Å². The van der Waals surface area contributed by atoms with E-state index >= 15 is 0 Å². The third-order valence-corrected chi connectivity index (χ3v) is 4.94. The van der Waals surface area contributed by atoms with Crippen LogP contribution in [0.4, 0.5) is 5.69 Å². The van der Waals surface area contributed by atoms with Crippen molar-refractivity contribution in [3.63, 3.8) is 0 Å². The smallest absolute Gasteiger partial charge is 0.139 e. The molecule has 1 aliphatic carbocycles. The Bertz CT molecular complexity index is 489. The fourth-order valence-electron chi connectivity index (χ4n) is 3.23. The van der Waals surface area contributed by atoms with Crippen LogP contribution in [-0.2, 0) is 0 Å². The number of nitrogens with zero attached hydrogens (tertiary/aromatic N) is 1. The maximum absolute atomic E-state index is 6.13. The monoisotopic (exact) mass is 294 g/mol. The summed E-state index contributed by atoms with van der Waals surface area (Å²) in [4.78, 5) is 2.47. The van der Waals surface area contributed by atoms with E-state index in [-0.39, 0.29) is 5.54 Å². The Morgan fingerprint density at radius 3 is 2.90 bits per heavy atom. The van der Waals surface area contributed by atoms with Crippen molar-refractivity contribution in [3.05, 3.63) is 23.2 Å². The standard InChI is InChI=1S/C16H23ClN2O/c1-16(12-4-5-12)11-19(9-3-8-18-16)13-6-7-14(17)15(10-13)20-2/h6-7,10,12,18H,3-5,8-9,11H2,1-2H3. The first-order chi connectivity index (χ1) is 9.62. The lowest BCUT2D eigenvalue weighted by Crippen LogP contribution is -2.51. The molecule has 0 radical (unpaired) electrons. The quantitative estimate of drug-likeness (QED) is 0.925. The van der Waals surface area contributed by atoms with E-state index in [1.807, 2.05) is 6.07 Å². The van der Waals surface area contributed by atoms with Crippen molar-refractivity contribution in [2.45, 2.75) is 31.7 Å². The van der Waals surface area contributed by atoms with Gasteiger partial charge in [-0.25, -0.2) is 0 Å². The van der Waals surface area contributed by atoms with Gasteiger partial charge in [0.25, 0.3) is 0 Å². The molecule has 1 saturated heterocycles. The average Bonchev–Trinajstić information content (AvgIpc) is 3.26. The van der Waals surface area contributed by atoms with Crippen molar-refractivity contribution in [1.82, 2.24) is 5.32 Å². The second-order valence-electron chi connectivity index (χ2n) is 6.21. The minimum Gasteiger partial charge on any atom is -0.495 e. The first-order valence-electron chi connectivity index (χ1n) is 7.46. The number of hydrogen-bond acceptors (Lipinski definition) is 3. The Balaban J connectivity index is 1.84. The molecule has 0 aromatic heterocycles. The molecule has 1 atom stereocenters. The Hall–Kier alpha value is -0.930. The Morgan fingerprint density at radius 2 is 2.20 bits per heavy atom. The van der Waals surface area contributed by atoms with Gasteiger partial charge >= 0.3 is 0 Å². The Kier molecular flexibility index (Phi) is 3.83. The summed E-state index contributed by atoms with van der Waals surface area (Å²) in [6.07, 6.45) is 3.90. The summed E-state index contributed by atoms with van der Waals surface area (Å²) in [5.74, 6) is 1.59. The van der Waals surface area contributed by atoms with Crippen LogP contribution in [0.25, 0.3) is 0 Å². The summed E-state index contributed by atoms with van der Waals surface area (Å²) in [6.45, 7) is 5.62. The van der Waals surface area contributed by atoms with E-state index in [0.29, 0.717) is 5.02 Å². The predicted octanol–water partition coefficient (Wildman–Crippen LogP) is 3.32. The molecule has 0 amide bonds. The van der Waals surface area contributed by atoms with Crippen LogP contribution in [0.3, 0.4) is 0 Å². The number of hydrogen-bond donors (Lipinski definition) is 1. The first-order valence-corrected chi connectivity index (χ1v) is 7.84. The zero-order chi connectivity index (χ0) is 14.2. The van der Waals surface area contributed by atoms with Gasteiger partial charge in [-0.05, 0) is 50.8 Å². The number of anilines is 1. The molecule has 1 aromatic carbocycles. The molecule has 20 heavy (non-hydrogen) atoms. The fraction of sp³-hybridized carbons (Fsp3) is 0.625. The number of methoxy groups -OCH3 is 1. The average molecular weight is 295 g/mol. The van der Waals surface area contributed by atoms with E-state index in [1.54, 1.807) is 7.11 Å². The van der Waals surface area contributed by atoms with Gasteiger partial charge in [-0.15, -0.1) is 0 Å². The van der Waals surface area contributed by atoms with E-state index in [9.17, 15) is 0 Å². The first kappa shape index (κ1) is 14.0. The lowest BCUT2D eigenvalue weighted by molar-refractivity contribution is 0.331. The fourth-order valence-corrected chi connectivity index (χ4v) is 3.43. The highest BCUT2D eigenvalue weighted by Gasteiger charge is 2.43. The normalized spacial score (nSPS) is 27.2. The van der Waals surface area contributed by atoms with Crippen LogP contribution >= 0.6 is 11.6 Å². The molecule has 3 rings (SSSR count). The minimum atomic E-state index is 0.239. The van der Waals surface area contributed by atoms with E-state index < -0.39 is 0 Å². The van der Waals surface area contributed by atoms with Gasteiger partial charge in [-0.2, -0.15) is 0 Å². The molecular formula is C16H23ClN2O. The number of halogens is 1. The van der Waals surface area contributed by atoms with Crippen LogP contribution in [0.1, 0.15) is 26.2 Å². The largest absolute Gasteiger partial charge is 0.495 e. The number of rotatable bonds is 3. The van der Waals surface area contributed by atoms with Gasteiger partial charge in [-0.3, -0.25) is 0 Å². The summed E-state index contributed by atoms with van der Waals surface area (Å²) in [6, 6.07) is 6.09. The lowest BCUT2D eigenvalue weighted by atomic mass is 9.95. The zero-order valence-corrected chi connectivity index (χ0v) is 13.0. The van der Waals surface area contributed by atoms with Gasteiger partial charge in [0.05, 0.1) is 12.1 Å². The van der Waals surface area contributed by atoms with E-state index in [4.69, 9.17) is 16.3 Å².